The number of rotatable bonds is 4. The highest BCUT2D eigenvalue weighted by molar-refractivity contribution is 4.67. The molecule has 1 unspecified atom stereocenters. The van der Waals surface area contributed by atoms with Gasteiger partial charge in [0.2, 0.25) is 0 Å². The van der Waals surface area contributed by atoms with E-state index in [-0.39, 0.29) is 0 Å². The van der Waals surface area contributed by atoms with E-state index in [9.17, 15) is 0 Å². The molecular formula is C10H24O2. The van der Waals surface area contributed by atoms with E-state index < -0.39 is 0 Å². The van der Waals surface area contributed by atoms with Crippen LogP contribution in [0.4, 0.5) is 0 Å². The minimum Gasteiger partial charge on any atom is -0.400 e. The molecule has 0 rings (SSSR count). The van der Waals surface area contributed by atoms with Crippen LogP contribution in [0.5, 0.6) is 0 Å². The minimum atomic E-state index is 0.299. The predicted molar refractivity (Wildman–Crippen MR) is 55.2 cm³/mol. The van der Waals surface area contributed by atoms with Gasteiger partial charge in [0.05, 0.1) is 0 Å². The van der Waals surface area contributed by atoms with E-state index in [4.69, 9.17) is 10.2 Å². The average molecular weight is 176 g/mol. The summed E-state index contributed by atoms with van der Waals surface area (Å²) in [5.41, 5.74) is 0. The van der Waals surface area contributed by atoms with Crippen molar-refractivity contribution in [2.75, 3.05) is 13.7 Å². The summed E-state index contributed by atoms with van der Waals surface area (Å²) in [5, 5.41) is 15.5. The van der Waals surface area contributed by atoms with Crippen LogP contribution in [0.1, 0.15) is 33.6 Å². The third-order valence-electron chi connectivity index (χ3n) is 1.18. The molecule has 0 amide bonds. The molecule has 0 aromatic rings. The lowest BCUT2D eigenvalue weighted by Crippen LogP contribution is -1.98. The summed E-state index contributed by atoms with van der Waals surface area (Å²) < 4.78 is 0. The normalized spacial score (nSPS) is 9.83. The molecule has 0 aromatic carbocycles. The first kappa shape index (κ1) is 17.7. The number of aliphatic hydroxyl groups excluding tert-OH is 2. The Kier molecular flexibility index (Phi) is 33.0. The fourth-order valence-corrected chi connectivity index (χ4v) is 0.494. The second kappa shape index (κ2) is 22.4. The molecule has 12 heavy (non-hydrogen) atoms. The Labute approximate surface area is 76.9 Å². The Bertz CT molecular complexity index is 62.9. The third-order valence-corrected chi connectivity index (χ3v) is 1.18. The summed E-state index contributed by atoms with van der Waals surface area (Å²) in [6.07, 6.45) is 3.95. The summed E-state index contributed by atoms with van der Waals surface area (Å²) in [6, 6.07) is 0. The van der Waals surface area contributed by atoms with Crippen molar-refractivity contribution in [3.05, 3.63) is 12.7 Å². The van der Waals surface area contributed by atoms with Crippen molar-refractivity contribution in [1.82, 2.24) is 0 Å². The highest BCUT2D eigenvalue weighted by atomic mass is 16.3. The largest absolute Gasteiger partial charge is 0.400 e. The van der Waals surface area contributed by atoms with Crippen LogP contribution in [0.3, 0.4) is 0 Å². The van der Waals surface area contributed by atoms with Crippen LogP contribution >= 0.6 is 0 Å². The van der Waals surface area contributed by atoms with Crippen molar-refractivity contribution in [2.24, 2.45) is 5.92 Å². The third kappa shape index (κ3) is 22.6. The van der Waals surface area contributed by atoms with E-state index >= 15 is 0 Å². The molecule has 0 aliphatic carbocycles. The number of hydrogen-bond donors (Lipinski definition) is 2. The summed E-state index contributed by atoms with van der Waals surface area (Å²) in [5.74, 6) is 0.438. The smallest absolute Gasteiger partial charge is 0.0456 e. The first-order valence-electron chi connectivity index (χ1n) is 4.47. The van der Waals surface area contributed by atoms with Crippen LogP contribution in [-0.4, -0.2) is 23.9 Å². The van der Waals surface area contributed by atoms with Crippen molar-refractivity contribution >= 4 is 0 Å². The molecule has 0 radical (unpaired) electrons. The SMILES string of the molecule is C=CCCC(C)CO.CC.CO. The van der Waals surface area contributed by atoms with E-state index in [1.807, 2.05) is 26.8 Å². The Morgan fingerprint density at radius 3 is 2.00 bits per heavy atom. The first-order chi connectivity index (χ1) is 5.81. The van der Waals surface area contributed by atoms with Crippen molar-refractivity contribution < 1.29 is 10.2 Å². The maximum atomic E-state index is 8.53. The topological polar surface area (TPSA) is 40.5 Å². The molecule has 1 atom stereocenters. The van der Waals surface area contributed by atoms with Gasteiger partial charge in [0.25, 0.3) is 0 Å². The number of aliphatic hydroxyl groups is 2. The Morgan fingerprint density at radius 1 is 1.33 bits per heavy atom. The molecule has 0 aromatic heterocycles. The van der Waals surface area contributed by atoms with E-state index in [2.05, 4.69) is 6.58 Å². The van der Waals surface area contributed by atoms with Crippen LogP contribution in [0.2, 0.25) is 0 Å². The van der Waals surface area contributed by atoms with Gasteiger partial charge < -0.3 is 10.2 Å². The van der Waals surface area contributed by atoms with Crippen molar-refractivity contribution in [3.8, 4) is 0 Å². The van der Waals surface area contributed by atoms with Crippen molar-refractivity contribution in [1.29, 1.82) is 0 Å². The maximum absolute atomic E-state index is 8.53. The standard InChI is InChI=1S/C7H14O.C2H6.CH4O/c1-3-4-5-7(2)6-8;2*1-2/h3,7-8H,1,4-6H2,2H3;1-2H3;2H,1H3. The Hall–Kier alpha value is -0.340. The summed E-state index contributed by atoms with van der Waals surface area (Å²) in [4.78, 5) is 0. The Morgan fingerprint density at radius 2 is 1.75 bits per heavy atom. The van der Waals surface area contributed by atoms with Gasteiger partial charge in [-0.2, -0.15) is 0 Å². The molecular weight excluding hydrogens is 152 g/mol. The fraction of sp³-hybridized carbons (Fsp3) is 0.800. The van der Waals surface area contributed by atoms with Gasteiger partial charge in [-0.05, 0) is 18.8 Å². The molecule has 0 aliphatic heterocycles. The second-order valence-electron chi connectivity index (χ2n) is 2.15. The predicted octanol–water partition coefficient (Wildman–Crippen LogP) is 2.22. The van der Waals surface area contributed by atoms with Gasteiger partial charge in [-0.15, -0.1) is 6.58 Å². The molecule has 76 valence electrons. The van der Waals surface area contributed by atoms with Crippen LogP contribution in [0, 0.1) is 5.92 Å². The molecule has 0 aliphatic rings. The molecule has 0 saturated carbocycles. The quantitative estimate of drug-likeness (QED) is 0.645. The average Bonchev–Trinajstić information content (AvgIpc) is 2.20. The molecule has 0 saturated heterocycles. The van der Waals surface area contributed by atoms with Crippen LogP contribution < -0.4 is 0 Å². The molecule has 0 bridgehead atoms. The van der Waals surface area contributed by atoms with E-state index in [1.54, 1.807) is 0 Å². The zero-order valence-corrected chi connectivity index (χ0v) is 8.88. The lowest BCUT2D eigenvalue weighted by Gasteiger charge is -2.02. The van der Waals surface area contributed by atoms with Crippen LogP contribution in [-0.2, 0) is 0 Å². The van der Waals surface area contributed by atoms with Gasteiger partial charge in [0.1, 0.15) is 0 Å². The molecule has 2 heteroatoms. The zero-order chi connectivity index (χ0) is 10.4. The zero-order valence-electron chi connectivity index (χ0n) is 8.88. The summed E-state index contributed by atoms with van der Waals surface area (Å²) in [7, 11) is 1.00. The van der Waals surface area contributed by atoms with E-state index in [0.29, 0.717) is 12.5 Å². The van der Waals surface area contributed by atoms with Gasteiger partial charge in [0, 0.05) is 13.7 Å². The molecule has 0 fully saturated rings. The van der Waals surface area contributed by atoms with Gasteiger partial charge >= 0.3 is 0 Å². The second-order valence-corrected chi connectivity index (χ2v) is 2.15. The summed E-state index contributed by atoms with van der Waals surface area (Å²) in [6.45, 7) is 9.92. The molecule has 0 spiro atoms. The lowest BCUT2D eigenvalue weighted by molar-refractivity contribution is 0.231. The van der Waals surface area contributed by atoms with E-state index in [0.717, 1.165) is 20.0 Å². The number of allylic oxidation sites excluding steroid dienone is 1. The number of hydrogen-bond acceptors (Lipinski definition) is 2. The van der Waals surface area contributed by atoms with Crippen molar-refractivity contribution in [2.45, 2.75) is 33.6 Å². The minimum absolute atomic E-state index is 0.299. The monoisotopic (exact) mass is 176 g/mol. The molecule has 2 N–H and O–H groups in total. The van der Waals surface area contributed by atoms with Crippen LogP contribution in [0.15, 0.2) is 12.7 Å². The van der Waals surface area contributed by atoms with Crippen molar-refractivity contribution in [3.63, 3.8) is 0 Å². The van der Waals surface area contributed by atoms with Gasteiger partial charge in [-0.1, -0.05) is 26.8 Å². The highest BCUT2D eigenvalue weighted by Gasteiger charge is 1.94. The van der Waals surface area contributed by atoms with Gasteiger partial charge in [-0.25, -0.2) is 0 Å². The summed E-state index contributed by atoms with van der Waals surface area (Å²) >= 11 is 0. The highest BCUT2D eigenvalue weighted by Crippen LogP contribution is 2.02. The Balaban J connectivity index is -0.000000175. The van der Waals surface area contributed by atoms with Crippen LogP contribution in [0.25, 0.3) is 0 Å². The lowest BCUT2D eigenvalue weighted by atomic mass is 10.1. The van der Waals surface area contributed by atoms with Gasteiger partial charge in [0.15, 0.2) is 0 Å². The molecule has 0 heterocycles. The maximum Gasteiger partial charge on any atom is 0.0456 e. The van der Waals surface area contributed by atoms with E-state index in [1.165, 1.54) is 0 Å². The van der Waals surface area contributed by atoms with Gasteiger partial charge in [-0.3, -0.25) is 0 Å². The first-order valence-corrected chi connectivity index (χ1v) is 4.47. The fourth-order valence-electron chi connectivity index (χ4n) is 0.494. The molecule has 2 nitrogen and oxygen atoms in total.